The Labute approximate surface area is 113 Å². The van der Waals surface area contributed by atoms with Crippen LogP contribution in [0.4, 0.5) is 0 Å². The minimum absolute atomic E-state index is 0.0310. The van der Waals surface area contributed by atoms with Crippen LogP contribution in [0.5, 0.6) is 5.75 Å². The van der Waals surface area contributed by atoms with E-state index in [1.807, 2.05) is 31.2 Å². The zero-order valence-corrected chi connectivity index (χ0v) is 11.9. The fourth-order valence-electron chi connectivity index (χ4n) is 1.93. The first kappa shape index (κ1) is 13.9. The number of nitrogens with one attached hydrogen (secondary N) is 1. The third-order valence-corrected chi connectivity index (χ3v) is 3.01. The largest absolute Gasteiger partial charge is 0.493 e. The first-order chi connectivity index (χ1) is 8.90. The van der Waals surface area contributed by atoms with E-state index in [0.717, 1.165) is 22.5 Å². The summed E-state index contributed by atoms with van der Waals surface area (Å²) in [5.74, 6) is 1.57. The van der Waals surface area contributed by atoms with Gasteiger partial charge < -0.3 is 19.6 Å². The van der Waals surface area contributed by atoms with Crippen molar-refractivity contribution in [1.29, 1.82) is 0 Å². The van der Waals surface area contributed by atoms with E-state index in [-0.39, 0.29) is 6.04 Å². The van der Waals surface area contributed by atoms with Crippen molar-refractivity contribution in [2.45, 2.75) is 32.4 Å². The van der Waals surface area contributed by atoms with Crippen LogP contribution < -0.4 is 10.1 Å². The maximum atomic E-state index is 9.72. The van der Waals surface area contributed by atoms with Crippen molar-refractivity contribution in [3.63, 3.8) is 0 Å². The van der Waals surface area contributed by atoms with Crippen LogP contribution in [0.1, 0.15) is 32.6 Å². The van der Waals surface area contributed by atoms with Crippen molar-refractivity contribution >= 4 is 11.0 Å². The second-order valence-corrected chi connectivity index (χ2v) is 5.44. The van der Waals surface area contributed by atoms with Gasteiger partial charge in [-0.2, -0.15) is 0 Å². The molecule has 0 amide bonds. The summed E-state index contributed by atoms with van der Waals surface area (Å²) in [5, 5.41) is 14.0. The molecule has 104 valence electrons. The van der Waals surface area contributed by atoms with Gasteiger partial charge in [0, 0.05) is 11.9 Å². The van der Waals surface area contributed by atoms with Gasteiger partial charge in [0.25, 0.3) is 0 Å². The van der Waals surface area contributed by atoms with Crippen LogP contribution in [0.3, 0.4) is 0 Å². The summed E-state index contributed by atoms with van der Waals surface area (Å²) in [6.07, 6.45) is 0. The third kappa shape index (κ3) is 3.28. The number of para-hydroxylation sites is 1. The van der Waals surface area contributed by atoms with Gasteiger partial charge in [-0.05, 0) is 32.9 Å². The quantitative estimate of drug-likeness (QED) is 0.871. The highest BCUT2D eigenvalue weighted by Gasteiger charge is 2.17. The molecule has 0 aliphatic heterocycles. The molecule has 0 spiro atoms. The average molecular weight is 263 g/mol. The predicted molar refractivity (Wildman–Crippen MR) is 75.5 cm³/mol. The molecule has 1 heterocycles. The molecule has 1 aromatic carbocycles. The monoisotopic (exact) mass is 263 g/mol. The standard InChI is InChI=1S/C15H21NO3/c1-10(16-9-15(2,3)17)13-8-11-6-5-7-12(18-4)14(11)19-13/h5-8,10,16-17H,9H2,1-4H3. The van der Waals surface area contributed by atoms with Gasteiger partial charge in [0.2, 0.25) is 0 Å². The molecule has 19 heavy (non-hydrogen) atoms. The number of furan rings is 1. The minimum atomic E-state index is -0.738. The van der Waals surface area contributed by atoms with Gasteiger partial charge in [-0.25, -0.2) is 0 Å². The molecule has 4 nitrogen and oxygen atoms in total. The van der Waals surface area contributed by atoms with E-state index >= 15 is 0 Å². The summed E-state index contributed by atoms with van der Waals surface area (Å²) >= 11 is 0. The highest BCUT2D eigenvalue weighted by atomic mass is 16.5. The highest BCUT2D eigenvalue weighted by Crippen LogP contribution is 2.30. The van der Waals surface area contributed by atoms with E-state index in [1.165, 1.54) is 0 Å². The van der Waals surface area contributed by atoms with Crippen LogP contribution in [-0.2, 0) is 0 Å². The summed E-state index contributed by atoms with van der Waals surface area (Å²) in [6.45, 7) is 6.06. The summed E-state index contributed by atoms with van der Waals surface area (Å²) in [4.78, 5) is 0. The summed E-state index contributed by atoms with van der Waals surface area (Å²) < 4.78 is 11.1. The predicted octanol–water partition coefficient (Wildman–Crippen LogP) is 2.86. The van der Waals surface area contributed by atoms with Gasteiger partial charge in [0.05, 0.1) is 18.8 Å². The number of rotatable bonds is 5. The molecule has 0 fully saturated rings. The Morgan fingerprint density at radius 1 is 1.42 bits per heavy atom. The Balaban J connectivity index is 2.21. The smallest absolute Gasteiger partial charge is 0.176 e. The van der Waals surface area contributed by atoms with Crippen molar-refractivity contribution in [1.82, 2.24) is 5.32 Å². The fraction of sp³-hybridized carbons (Fsp3) is 0.467. The van der Waals surface area contributed by atoms with Crippen LogP contribution in [0, 0.1) is 0 Å². The first-order valence-electron chi connectivity index (χ1n) is 6.43. The van der Waals surface area contributed by atoms with E-state index in [0.29, 0.717) is 6.54 Å². The number of hydrogen-bond acceptors (Lipinski definition) is 4. The molecule has 2 aromatic rings. The van der Waals surface area contributed by atoms with E-state index in [1.54, 1.807) is 21.0 Å². The molecule has 0 bridgehead atoms. The molecule has 0 aliphatic carbocycles. The van der Waals surface area contributed by atoms with E-state index in [2.05, 4.69) is 5.32 Å². The van der Waals surface area contributed by atoms with E-state index in [9.17, 15) is 5.11 Å². The zero-order chi connectivity index (χ0) is 14.0. The Morgan fingerprint density at radius 3 is 2.79 bits per heavy atom. The molecule has 2 N–H and O–H groups in total. The van der Waals surface area contributed by atoms with Crippen LogP contribution in [0.2, 0.25) is 0 Å². The highest BCUT2D eigenvalue weighted by molar-refractivity contribution is 5.83. The lowest BCUT2D eigenvalue weighted by molar-refractivity contribution is 0.0763. The number of fused-ring (bicyclic) bond motifs is 1. The maximum absolute atomic E-state index is 9.72. The fourth-order valence-corrected chi connectivity index (χ4v) is 1.93. The molecule has 0 radical (unpaired) electrons. The van der Waals surface area contributed by atoms with E-state index in [4.69, 9.17) is 9.15 Å². The Kier molecular flexibility index (Phi) is 3.83. The average Bonchev–Trinajstić information content (AvgIpc) is 2.78. The number of ether oxygens (including phenoxy) is 1. The molecule has 1 unspecified atom stereocenters. The lowest BCUT2D eigenvalue weighted by atomic mass is 10.1. The van der Waals surface area contributed by atoms with Gasteiger partial charge in [-0.3, -0.25) is 0 Å². The first-order valence-corrected chi connectivity index (χ1v) is 6.43. The van der Waals surface area contributed by atoms with Gasteiger partial charge in [-0.1, -0.05) is 12.1 Å². The Hall–Kier alpha value is -1.52. The lowest BCUT2D eigenvalue weighted by Gasteiger charge is -2.20. The van der Waals surface area contributed by atoms with E-state index < -0.39 is 5.60 Å². The van der Waals surface area contributed by atoms with Crippen molar-refractivity contribution < 1.29 is 14.3 Å². The number of aliphatic hydroxyl groups is 1. The second kappa shape index (κ2) is 5.23. The van der Waals surface area contributed by atoms with Crippen LogP contribution in [-0.4, -0.2) is 24.4 Å². The van der Waals surface area contributed by atoms with Crippen molar-refractivity contribution in [2.24, 2.45) is 0 Å². The van der Waals surface area contributed by atoms with Gasteiger partial charge in [0.1, 0.15) is 5.76 Å². The van der Waals surface area contributed by atoms with Crippen molar-refractivity contribution in [3.8, 4) is 5.75 Å². The van der Waals surface area contributed by atoms with Crippen LogP contribution >= 0.6 is 0 Å². The summed E-state index contributed by atoms with van der Waals surface area (Å²) in [6, 6.07) is 7.84. The minimum Gasteiger partial charge on any atom is -0.493 e. The molecule has 4 heteroatoms. The second-order valence-electron chi connectivity index (χ2n) is 5.44. The molecule has 0 aliphatic rings. The summed E-state index contributed by atoms with van der Waals surface area (Å²) in [5.41, 5.74) is 0.0229. The third-order valence-electron chi connectivity index (χ3n) is 3.01. The van der Waals surface area contributed by atoms with Gasteiger partial charge in [0.15, 0.2) is 11.3 Å². The Morgan fingerprint density at radius 2 is 2.16 bits per heavy atom. The van der Waals surface area contributed by atoms with Gasteiger partial charge in [-0.15, -0.1) is 0 Å². The topological polar surface area (TPSA) is 54.6 Å². The van der Waals surface area contributed by atoms with Crippen LogP contribution in [0.25, 0.3) is 11.0 Å². The molecular weight excluding hydrogens is 242 g/mol. The molecule has 0 saturated carbocycles. The normalized spacial score (nSPS) is 13.7. The number of hydrogen-bond donors (Lipinski definition) is 2. The molecular formula is C15H21NO3. The maximum Gasteiger partial charge on any atom is 0.176 e. The zero-order valence-electron chi connectivity index (χ0n) is 11.9. The SMILES string of the molecule is COc1cccc2cc(C(C)NCC(C)(C)O)oc12. The number of benzene rings is 1. The van der Waals surface area contributed by atoms with Crippen LogP contribution in [0.15, 0.2) is 28.7 Å². The molecule has 1 aromatic heterocycles. The Bertz CT molecular complexity index is 554. The lowest BCUT2D eigenvalue weighted by Crippen LogP contribution is -2.35. The van der Waals surface area contributed by atoms with Gasteiger partial charge >= 0.3 is 0 Å². The van der Waals surface area contributed by atoms with Crippen molar-refractivity contribution in [3.05, 3.63) is 30.0 Å². The number of methoxy groups -OCH3 is 1. The molecule has 0 saturated heterocycles. The molecule has 1 atom stereocenters. The van der Waals surface area contributed by atoms with Crippen molar-refractivity contribution in [2.75, 3.05) is 13.7 Å². The summed E-state index contributed by atoms with van der Waals surface area (Å²) in [7, 11) is 1.63. The molecule has 2 rings (SSSR count).